The first kappa shape index (κ1) is 14.3. The van der Waals surface area contributed by atoms with E-state index in [0.717, 1.165) is 12.0 Å². The minimum Gasteiger partial charge on any atom is -0.313 e. The minimum atomic E-state index is 0.811. The molecular weight excluding hydrogens is 220 g/mol. The van der Waals surface area contributed by atoms with Gasteiger partial charge in [0.05, 0.1) is 0 Å². The number of piperidine rings is 1. The summed E-state index contributed by atoms with van der Waals surface area (Å²) < 4.78 is 0. The molecule has 2 fully saturated rings. The van der Waals surface area contributed by atoms with Crippen molar-refractivity contribution in [1.29, 1.82) is 0 Å². The van der Waals surface area contributed by atoms with E-state index in [4.69, 9.17) is 0 Å². The van der Waals surface area contributed by atoms with Gasteiger partial charge in [-0.1, -0.05) is 32.6 Å². The molecule has 1 N–H and O–H groups in total. The summed E-state index contributed by atoms with van der Waals surface area (Å²) >= 11 is 0. The number of hydrogen-bond donors (Lipinski definition) is 1. The summed E-state index contributed by atoms with van der Waals surface area (Å²) in [6, 6.07) is 0.811. The molecular formula is C16H32N2. The molecule has 1 heterocycles. The van der Waals surface area contributed by atoms with Crippen LogP contribution >= 0.6 is 0 Å². The van der Waals surface area contributed by atoms with Crippen molar-refractivity contribution in [3.63, 3.8) is 0 Å². The number of likely N-dealkylation sites (tertiary alicyclic amines) is 1. The predicted molar refractivity (Wildman–Crippen MR) is 78.9 cm³/mol. The van der Waals surface area contributed by atoms with Gasteiger partial charge in [-0.3, -0.25) is 0 Å². The van der Waals surface area contributed by atoms with Crippen LogP contribution in [0.1, 0.15) is 64.7 Å². The molecule has 0 aromatic rings. The molecule has 0 radical (unpaired) electrons. The lowest BCUT2D eigenvalue weighted by atomic mass is 9.98. The Labute approximate surface area is 114 Å². The normalized spacial score (nSPS) is 31.2. The van der Waals surface area contributed by atoms with Crippen molar-refractivity contribution in [3.8, 4) is 0 Å². The Morgan fingerprint density at radius 1 is 0.944 bits per heavy atom. The second-order valence-electron chi connectivity index (χ2n) is 6.34. The molecule has 2 rings (SSSR count). The van der Waals surface area contributed by atoms with Crippen molar-refractivity contribution in [2.24, 2.45) is 5.92 Å². The van der Waals surface area contributed by atoms with Gasteiger partial charge < -0.3 is 10.2 Å². The Kier molecular flexibility index (Phi) is 6.50. The highest BCUT2D eigenvalue weighted by atomic mass is 15.1. The molecule has 1 saturated heterocycles. The van der Waals surface area contributed by atoms with E-state index in [-0.39, 0.29) is 0 Å². The largest absolute Gasteiger partial charge is 0.313 e. The second kappa shape index (κ2) is 8.16. The first-order chi connectivity index (χ1) is 8.88. The van der Waals surface area contributed by atoms with Crippen molar-refractivity contribution in [1.82, 2.24) is 10.2 Å². The van der Waals surface area contributed by atoms with Crippen LogP contribution in [0.3, 0.4) is 0 Å². The van der Waals surface area contributed by atoms with Crippen molar-refractivity contribution in [2.45, 2.75) is 70.8 Å². The summed E-state index contributed by atoms with van der Waals surface area (Å²) in [7, 11) is 0. The molecule has 2 heteroatoms. The first-order valence-electron chi connectivity index (χ1n) is 8.34. The molecule has 0 aromatic heterocycles. The van der Waals surface area contributed by atoms with Gasteiger partial charge in [0.2, 0.25) is 0 Å². The SMILES string of the molecule is CCC1CCCC(NCCN2CCCCC2)CC1. The Morgan fingerprint density at radius 2 is 1.78 bits per heavy atom. The van der Waals surface area contributed by atoms with E-state index in [1.54, 1.807) is 0 Å². The third kappa shape index (κ3) is 4.89. The molecule has 2 unspecified atom stereocenters. The Balaban J connectivity index is 1.58. The molecule has 18 heavy (non-hydrogen) atoms. The van der Waals surface area contributed by atoms with Gasteiger partial charge in [0.1, 0.15) is 0 Å². The average molecular weight is 252 g/mol. The Bertz CT molecular complexity index is 211. The number of hydrogen-bond acceptors (Lipinski definition) is 2. The summed E-state index contributed by atoms with van der Waals surface area (Å²) in [5.74, 6) is 1.01. The Morgan fingerprint density at radius 3 is 2.56 bits per heavy atom. The van der Waals surface area contributed by atoms with Gasteiger partial charge in [-0.05, 0) is 51.1 Å². The van der Waals surface area contributed by atoms with Gasteiger partial charge in [-0.2, -0.15) is 0 Å². The number of nitrogens with zero attached hydrogens (tertiary/aromatic N) is 1. The van der Waals surface area contributed by atoms with Crippen molar-refractivity contribution in [2.75, 3.05) is 26.2 Å². The highest BCUT2D eigenvalue weighted by Gasteiger charge is 2.17. The molecule has 106 valence electrons. The molecule has 1 aliphatic carbocycles. The van der Waals surface area contributed by atoms with Crippen LogP contribution in [-0.4, -0.2) is 37.1 Å². The number of nitrogens with one attached hydrogen (secondary N) is 1. The summed E-state index contributed by atoms with van der Waals surface area (Å²) in [6.45, 7) is 7.51. The van der Waals surface area contributed by atoms with E-state index in [9.17, 15) is 0 Å². The molecule has 2 atom stereocenters. The van der Waals surface area contributed by atoms with E-state index in [0.29, 0.717) is 0 Å². The molecule has 2 aliphatic rings. The van der Waals surface area contributed by atoms with Crippen molar-refractivity contribution < 1.29 is 0 Å². The summed E-state index contributed by atoms with van der Waals surface area (Å²) in [4.78, 5) is 2.64. The van der Waals surface area contributed by atoms with Gasteiger partial charge in [-0.15, -0.1) is 0 Å². The van der Waals surface area contributed by atoms with Gasteiger partial charge in [0, 0.05) is 19.1 Å². The van der Waals surface area contributed by atoms with E-state index >= 15 is 0 Å². The van der Waals surface area contributed by atoms with Crippen LogP contribution in [0.4, 0.5) is 0 Å². The predicted octanol–water partition coefficient (Wildman–Crippen LogP) is 3.42. The Hall–Kier alpha value is -0.0800. The third-order valence-electron chi connectivity index (χ3n) is 4.98. The highest BCUT2D eigenvalue weighted by Crippen LogP contribution is 2.25. The quantitative estimate of drug-likeness (QED) is 0.754. The molecule has 1 saturated carbocycles. The maximum absolute atomic E-state index is 3.81. The minimum absolute atomic E-state index is 0.811. The topological polar surface area (TPSA) is 15.3 Å². The van der Waals surface area contributed by atoms with Gasteiger partial charge >= 0.3 is 0 Å². The van der Waals surface area contributed by atoms with Gasteiger partial charge in [-0.25, -0.2) is 0 Å². The fraction of sp³-hybridized carbons (Fsp3) is 1.00. The lowest BCUT2D eigenvalue weighted by molar-refractivity contribution is 0.225. The maximum atomic E-state index is 3.81. The van der Waals surface area contributed by atoms with Crippen LogP contribution in [0.25, 0.3) is 0 Å². The second-order valence-corrected chi connectivity index (χ2v) is 6.34. The van der Waals surface area contributed by atoms with Crippen LogP contribution in [0, 0.1) is 5.92 Å². The van der Waals surface area contributed by atoms with E-state index in [1.165, 1.54) is 84.0 Å². The molecule has 0 bridgehead atoms. The maximum Gasteiger partial charge on any atom is 0.0107 e. The third-order valence-corrected chi connectivity index (χ3v) is 4.98. The van der Waals surface area contributed by atoms with Crippen LogP contribution < -0.4 is 5.32 Å². The van der Waals surface area contributed by atoms with Gasteiger partial charge in [0.15, 0.2) is 0 Å². The first-order valence-corrected chi connectivity index (χ1v) is 8.34. The van der Waals surface area contributed by atoms with Crippen LogP contribution in [0.2, 0.25) is 0 Å². The zero-order valence-electron chi connectivity index (χ0n) is 12.3. The average Bonchev–Trinajstić information content (AvgIpc) is 2.65. The van der Waals surface area contributed by atoms with E-state index < -0.39 is 0 Å². The van der Waals surface area contributed by atoms with Crippen molar-refractivity contribution in [3.05, 3.63) is 0 Å². The van der Waals surface area contributed by atoms with Crippen molar-refractivity contribution >= 4 is 0 Å². The molecule has 0 spiro atoms. The highest BCUT2D eigenvalue weighted by molar-refractivity contribution is 4.75. The van der Waals surface area contributed by atoms with E-state index in [2.05, 4.69) is 17.1 Å². The molecule has 2 nitrogen and oxygen atoms in total. The molecule has 1 aliphatic heterocycles. The van der Waals surface area contributed by atoms with Crippen LogP contribution in [0.15, 0.2) is 0 Å². The van der Waals surface area contributed by atoms with Crippen LogP contribution in [-0.2, 0) is 0 Å². The monoisotopic (exact) mass is 252 g/mol. The summed E-state index contributed by atoms with van der Waals surface area (Å²) in [6.07, 6.45) is 12.9. The standard InChI is InChI=1S/C16H32N2/c1-2-15-7-6-8-16(10-9-15)17-11-14-18-12-4-3-5-13-18/h15-17H,2-14H2,1H3. The van der Waals surface area contributed by atoms with Gasteiger partial charge in [0.25, 0.3) is 0 Å². The molecule has 0 aromatic carbocycles. The van der Waals surface area contributed by atoms with Crippen LogP contribution in [0.5, 0.6) is 0 Å². The zero-order valence-corrected chi connectivity index (χ0v) is 12.3. The lowest BCUT2D eigenvalue weighted by Gasteiger charge is -2.27. The zero-order chi connectivity index (χ0) is 12.6. The number of rotatable bonds is 5. The summed E-state index contributed by atoms with van der Waals surface area (Å²) in [5.41, 5.74) is 0. The summed E-state index contributed by atoms with van der Waals surface area (Å²) in [5, 5.41) is 3.81. The lowest BCUT2D eigenvalue weighted by Crippen LogP contribution is -2.39. The fourth-order valence-electron chi connectivity index (χ4n) is 3.60. The molecule has 0 amide bonds. The smallest absolute Gasteiger partial charge is 0.0107 e. The van der Waals surface area contributed by atoms with E-state index in [1.807, 2.05) is 0 Å². The fourth-order valence-corrected chi connectivity index (χ4v) is 3.60.